The number of hydrogen-bond acceptors (Lipinski definition) is 4. The second-order valence-electron chi connectivity index (χ2n) is 3.24. The number of carbonyl (C=O) groups excluding carboxylic acids is 1. The predicted octanol–water partition coefficient (Wildman–Crippen LogP) is 1.66. The van der Waals surface area contributed by atoms with Crippen LogP contribution < -0.4 is 4.74 Å². The largest absolute Gasteiger partial charge is 0.427 e. The zero-order chi connectivity index (χ0) is 10.7. The highest BCUT2D eigenvalue weighted by Gasteiger charge is 2.18. The molecule has 1 heterocycles. The number of carbonyl (C=O) groups is 1. The van der Waals surface area contributed by atoms with E-state index in [1.54, 1.807) is 18.2 Å². The first-order valence-electron chi connectivity index (χ1n) is 4.77. The van der Waals surface area contributed by atoms with Crippen LogP contribution in [0.2, 0.25) is 0 Å². The minimum atomic E-state index is -0.333. The van der Waals surface area contributed by atoms with E-state index in [2.05, 4.69) is 0 Å². The van der Waals surface area contributed by atoms with Gasteiger partial charge in [0.1, 0.15) is 5.75 Å². The lowest BCUT2D eigenvalue weighted by Gasteiger charge is -2.10. The first kappa shape index (κ1) is 10.1. The SMILES string of the molecule is CC(=O)Oc1cccc(C2OCCO2)c1. The van der Waals surface area contributed by atoms with Crippen molar-refractivity contribution in [3.8, 4) is 5.75 Å². The number of ether oxygens (including phenoxy) is 3. The maximum absolute atomic E-state index is 10.8. The molecule has 0 aliphatic carbocycles. The fourth-order valence-corrected chi connectivity index (χ4v) is 1.44. The lowest BCUT2D eigenvalue weighted by molar-refractivity contribution is -0.131. The molecular weight excluding hydrogens is 196 g/mol. The van der Waals surface area contributed by atoms with Gasteiger partial charge in [-0.05, 0) is 12.1 Å². The lowest BCUT2D eigenvalue weighted by Crippen LogP contribution is -2.03. The molecule has 0 spiro atoms. The van der Waals surface area contributed by atoms with Gasteiger partial charge < -0.3 is 14.2 Å². The van der Waals surface area contributed by atoms with Crippen LogP contribution in [0, 0.1) is 0 Å². The number of rotatable bonds is 2. The first-order valence-corrected chi connectivity index (χ1v) is 4.77. The number of esters is 1. The van der Waals surface area contributed by atoms with Crippen molar-refractivity contribution in [2.45, 2.75) is 13.2 Å². The Labute approximate surface area is 87.8 Å². The molecule has 1 aliphatic rings. The summed E-state index contributed by atoms with van der Waals surface area (Å²) in [6.45, 7) is 2.57. The van der Waals surface area contributed by atoms with Crippen LogP contribution in [-0.4, -0.2) is 19.2 Å². The van der Waals surface area contributed by atoms with Gasteiger partial charge in [-0.3, -0.25) is 4.79 Å². The number of hydrogen-bond donors (Lipinski definition) is 0. The molecule has 0 aromatic heterocycles. The molecule has 80 valence electrons. The molecular formula is C11H12O4. The van der Waals surface area contributed by atoms with Crippen molar-refractivity contribution in [2.24, 2.45) is 0 Å². The summed E-state index contributed by atoms with van der Waals surface area (Å²) in [5.74, 6) is 0.180. The van der Waals surface area contributed by atoms with Gasteiger partial charge in [-0.15, -0.1) is 0 Å². The van der Waals surface area contributed by atoms with Crippen molar-refractivity contribution < 1.29 is 19.0 Å². The Morgan fingerprint density at radius 3 is 2.80 bits per heavy atom. The molecule has 0 N–H and O–H groups in total. The average Bonchev–Trinajstić information content (AvgIpc) is 2.69. The fraction of sp³-hybridized carbons (Fsp3) is 0.364. The highest BCUT2D eigenvalue weighted by molar-refractivity contribution is 5.69. The highest BCUT2D eigenvalue weighted by Crippen LogP contribution is 2.26. The topological polar surface area (TPSA) is 44.8 Å². The van der Waals surface area contributed by atoms with Crippen LogP contribution in [0.3, 0.4) is 0 Å². The van der Waals surface area contributed by atoms with E-state index >= 15 is 0 Å². The summed E-state index contributed by atoms with van der Waals surface area (Å²) in [7, 11) is 0. The average molecular weight is 208 g/mol. The molecule has 4 nitrogen and oxygen atoms in total. The van der Waals surface area contributed by atoms with Gasteiger partial charge in [0.15, 0.2) is 6.29 Å². The third-order valence-corrected chi connectivity index (χ3v) is 2.01. The van der Waals surface area contributed by atoms with E-state index in [-0.39, 0.29) is 12.3 Å². The molecule has 0 amide bonds. The van der Waals surface area contributed by atoms with Crippen molar-refractivity contribution in [1.82, 2.24) is 0 Å². The molecule has 0 atom stereocenters. The summed E-state index contributed by atoms with van der Waals surface area (Å²) in [5, 5.41) is 0. The molecule has 0 radical (unpaired) electrons. The highest BCUT2D eigenvalue weighted by atomic mass is 16.7. The summed E-state index contributed by atoms with van der Waals surface area (Å²) in [6, 6.07) is 7.15. The van der Waals surface area contributed by atoms with E-state index in [1.165, 1.54) is 6.92 Å². The van der Waals surface area contributed by atoms with Gasteiger partial charge >= 0.3 is 5.97 Å². The quantitative estimate of drug-likeness (QED) is 0.547. The normalized spacial score (nSPS) is 16.6. The standard InChI is InChI=1S/C11H12O4/c1-8(12)15-10-4-2-3-9(7-10)11-13-5-6-14-11/h2-4,7,11H,5-6H2,1H3. The van der Waals surface area contributed by atoms with Gasteiger partial charge in [-0.1, -0.05) is 12.1 Å². The Balaban J connectivity index is 2.14. The molecule has 0 unspecified atom stereocenters. The Hall–Kier alpha value is -1.39. The minimum Gasteiger partial charge on any atom is -0.427 e. The van der Waals surface area contributed by atoms with Crippen LogP contribution in [-0.2, 0) is 14.3 Å². The van der Waals surface area contributed by atoms with Crippen molar-refractivity contribution in [1.29, 1.82) is 0 Å². The van der Waals surface area contributed by atoms with Crippen LogP contribution in [0.25, 0.3) is 0 Å². The van der Waals surface area contributed by atoms with Crippen molar-refractivity contribution in [2.75, 3.05) is 13.2 Å². The van der Waals surface area contributed by atoms with E-state index in [1.807, 2.05) is 6.07 Å². The molecule has 1 fully saturated rings. The third-order valence-electron chi connectivity index (χ3n) is 2.01. The smallest absolute Gasteiger partial charge is 0.308 e. The van der Waals surface area contributed by atoms with E-state index in [9.17, 15) is 4.79 Å². The van der Waals surface area contributed by atoms with Gasteiger partial charge in [0.05, 0.1) is 13.2 Å². The van der Waals surface area contributed by atoms with Gasteiger partial charge in [-0.2, -0.15) is 0 Å². The van der Waals surface area contributed by atoms with E-state index in [0.29, 0.717) is 19.0 Å². The molecule has 0 bridgehead atoms. The molecule has 0 saturated carbocycles. The molecule has 1 aromatic carbocycles. The maximum Gasteiger partial charge on any atom is 0.308 e. The molecule has 2 rings (SSSR count). The zero-order valence-electron chi connectivity index (χ0n) is 8.43. The minimum absolute atomic E-state index is 0.333. The summed E-state index contributed by atoms with van der Waals surface area (Å²) in [5.41, 5.74) is 0.867. The summed E-state index contributed by atoms with van der Waals surface area (Å²) in [4.78, 5) is 10.8. The van der Waals surface area contributed by atoms with E-state index in [0.717, 1.165) is 5.56 Å². The monoisotopic (exact) mass is 208 g/mol. The van der Waals surface area contributed by atoms with Crippen LogP contribution in [0.15, 0.2) is 24.3 Å². The Morgan fingerprint density at radius 1 is 1.40 bits per heavy atom. The van der Waals surface area contributed by atoms with Crippen LogP contribution in [0.1, 0.15) is 18.8 Å². The van der Waals surface area contributed by atoms with Gasteiger partial charge in [-0.25, -0.2) is 0 Å². The van der Waals surface area contributed by atoms with Crippen LogP contribution in [0.4, 0.5) is 0 Å². The van der Waals surface area contributed by atoms with Gasteiger partial charge in [0.25, 0.3) is 0 Å². The van der Waals surface area contributed by atoms with Crippen LogP contribution >= 0.6 is 0 Å². The van der Waals surface area contributed by atoms with Gasteiger partial charge in [0.2, 0.25) is 0 Å². The Bertz CT molecular complexity index is 355. The Kier molecular flexibility index (Phi) is 2.99. The van der Waals surface area contributed by atoms with E-state index < -0.39 is 0 Å². The maximum atomic E-state index is 10.8. The van der Waals surface area contributed by atoms with Crippen molar-refractivity contribution in [3.05, 3.63) is 29.8 Å². The summed E-state index contributed by atoms with van der Waals surface area (Å²) in [6.07, 6.45) is -0.333. The van der Waals surface area contributed by atoms with Gasteiger partial charge in [0, 0.05) is 12.5 Å². The van der Waals surface area contributed by atoms with Crippen molar-refractivity contribution in [3.63, 3.8) is 0 Å². The molecule has 4 heteroatoms. The summed E-state index contributed by atoms with van der Waals surface area (Å²) >= 11 is 0. The third kappa shape index (κ3) is 2.55. The fourth-order valence-electron chi connectivity index (χ4n) is 1.44. The van der Waals surface area contributed by atoms with Crippen molar-refractivity contribution >= 4 is 5.97 Å². The summed E-state index contributed by atoms with van der Waals surface area (Å²) < 4.78 is 15.6. The molecule has 1 aliphatic heterocycles. The predicted molar refractivity (Wildman–Crippen MR) is 52.4 cm³/mol. The number of benzene rings is 1. The second kappa shape index (κ2) is 4.42. The first-order chi connectivity index (χ1) is 7.25. The second-order valence-corrected chi connectivity index (χ2v) is 3.24. The molecule has 1 aromatic rings. The Morgan fingerprint density at radius 2 is 2.13 bits per heavy atom. The molecule has 15 heavy (non-hydrogen) atoms. The zero-order valence-corrected chi connectivity index (χ0v) is 8.43. The van der Waals surface area contributed by atoms with E-state index in [4.69, 9.17) is 14.2 Å². The van der Waals surface area contributed by atoms with Crippen LogP contribution in [0.5, 0.6) is 5.75 Å². The molecule has 1 saturated heterocycles. The lowest BCUT2D eigenvalue weighted by atomic mass is 10.2.